The van der Waals surface area contributed by atoms with E-state index >= 15 is 0 Å². The van der Waals surface area contributed by atoms with Crippen molar-refractivity contribution in [3.05, 3.63) is 69.8 Å². The maximum atomic E-state index is 11.7. The zero-order valence-corrected chi connectivity index (χ0v) is 14.8. The number of aryl methyl sites for hydroxylation is 1. The Bertz CT molecular complexity index is 821. The molecule has 0 aliphatic heterocycles. The number of nitro groups is 1. The number of para-hydroxylation sites is 2. The van der Waals surface area contributed by atoms with E-state index in [1.807, 2.05) is 31.2 Å². The summed E-state index contributed by atoms with van der Waals surface area (Å²) in [7, 11) is 0. The molecule has 2 aromatic carbocycles. The fraction of sp³-hybridized carbons (Fsp3) is 0.263. The predicted octanol–water partition coefficient (Wildman–Crippen LogP) is 2.18. The summed E-state index contributed by atoms with van der Waals surface area (Å²) in [6.07, 6.45) is 0.674. The van der Waals surface area contributed by atoms with Crippen LogP contribution in [0.3, 0.4) is 0 Å². The van der Waals surface area contributed by atoms with Crippen LogP contribution in [-0.4, -0.2) is 36.6 Å². The maximum absolute atomic E-state index is 11.7. The number of nitrogens with one attached hydrogen (secondary N) is 1. The third-order valence-corrected chi connectivity index (χ3v) is 3.75. The van der Waals surface area contributed by atoms with E-state index < -0.39 is 30.0 Å². The van der Waals surface area contributed by atoms with Crippen LogP contribution >= 0.6 is 0 Å². The first-order chi connectivity index (χ1) is 13.0. The van der Waals surface area contributed by atoms with Crippen LogP contribution in [0.15, 0.2) is 48.5 Å². The van der Waals surface area contributed by atoms with Crippen molar-refractivity contribution in [2.75, 3.05) is 19.8 Å². The molecule has 1 amide bonds. The molecular weight excluding hydrogens is 352 g/mol. The molecule has 0 heterocycles. The number of ether oxygens (including phenoxy) is 2. The number of rotatable bonds is 9. The number of nitrogens with zero attached hydrogens (tertiary/aromatic N) is 1. The van der Waals surface area contributed by atoms with Gasteiger partial charge >= 0.3 is 11.7 Å². The summed E-state index contributed by atoms with van der Waals surface area (Å²) < 4.78 is 9.90. The molecule has 0 aliphatic rings. The lowest BCUT2D eigenvalue weighted by molar-refractivity contribution is -0.385. The summed E-state index contributed by atoms with van der Waals surface area (Å²) in [5, 5.41) is 13.5. The van der Waals surface area contributed by atoms with Gasteiger partial charge in [-0.1, -0.05) is 36.4 Å². The maximum Gasteiger partial charge on any atom is 0.344 e. The van der Waals surface area contributed by atoms with Crippen molar-refractivity contribution >= 4 is 17.6 Å². The third kappa shape index (κ3) is 6.43. The Morgan fingerprint density at radius 2 is 1.78 bits per heavy atom. The standard InChI is InChI=1S/C19H20N2O6/c1-14-6-2-3-7-15(14)10-11-20-18(22)12-27-19(23)13-26-17-9-5-4-8-16(17)21(24)25/h2-9H,10-13H2,1H3,(H,20,22). The Kier molecular flexibility index (Phi) is 7.30. The van der Waals surface area contributed by atoms with Crippen molar-refractivity contribution in [1.29, 1.82) is 0 Å². The zero-order valence-electron chi connectivity index (χ0n) is 14.8. The van der Waals surface area contributed by atoms with Crippen LogP contribution in [0.1, 0.15) is 11.1 Å². The molecule has 2 rings (SSSR count). The smallest absolute Gasteiger partial charge is 0.344 e. The van der Waals surface area contributed by atoms with Gasteiger partial charge < -0.3 is 14.8 Å². The normalized spacial score (nSPS) is 10.1. The van der Waals surface area contributed by atoms with Gasteiger partial charge in [0.05, 0.1) is 4.92 Å². The van der Waals surface area contributed by atoms with Gasteiger partial charge in [-0.05, 0) is 30.5 Å². The number of amides is 1. The first kappa shape index (κ1) is 19.9. The minimum atomic E-state index is -0.790. The largest absolute Gasteiger partial charge is 0.475 e. The summed E-state index contributed by atoms with van der Waals surface area (Å²) in [4.78, 5) is 33.6. The molecule has 142 valence electrons. The van der Waals surface area contributed by atoms with Gasteiger partial charge in [0.2, 0.25) is 0 Å². The number of carbonyl (C=O) groups is 2. The number of benzene rings is 2. The summed E-state index contributed by atoms with van der Waals surface area (Å²) in [5.74, 6) is -1.26. The summed E-state index contributed by atoms with van der Waals surface area (Å²) >= 11 is 0. The van der Waals surface area contributed by atoms with Crippen LogP contribution in [0.4, 0.5) is 5.69 Å². The molecule has 8 heteroatoms. The number of carbonyl (C=O) groups excluding carboxylic acids is 2. The lowest BCUT2D eigenvalue weighted by Gasteiger charge is -2.09. The molecular formula is C19H20N2O6. The molecule has 2 aromatic rings. The Morgan fingerprint density at radius 1 is 1.07 bits per heavy atom. The van der Waals surface area contributed by atoms with Crippen LogP contribution in [0.25, 0.3) is 0 Å². The molecule has 0 atom stereocenters. The summed E-state index contributed by atoms with van der Waals surface area (Å²) in [5.41, 5.74) is 2.03. The van der Waals surface area contributed by atoms with E-state index in [0.29, 0.717) is 13.0 Å². The summed E-state index contributed by atoms with van der Waals surface area (Å²) in [6, 6.07) is 13.6. The molecule has 0 saturated carbocycles. The van der Waals surface area contributed by atoms with E-state index in [1.165, 1.54) is 18.2 Å². The first-order valence-electron chi connectivity index (χ1n) is 8.30. The van der Waals surface area contributed by atoms with Gasteiger partial charge in [0.15, 0.2) is 19.0 Å². The minimum Gasteiger partial charge on any atom is -0.475 e. The summed E-state index contributed by atoms with van der Waals surface area (Å²) in [6.45, 7) is 1.46. The van der Waals surface area contributed by atoms with Gasteiger partial charge in [0.25, 0.3) is 5.91 Å². The van der Waals surface area contributed by atoms with Crippen molar-refractivity contribution in [3.8, 4) is 5.75 Å². The van der Waals surface area contributed by atoms with Crippen LogP contribution in [0.2, 0.25) is 0 Å². The monoisotopic (exact) mass is 372 g/mol. The van der Waals surface area contributed by atoms with Gasteiger partial charge in [-0.2, -0.15) is 0 Å². The van der Waals surface area contributed by atoms with Crippen LogP contribution in [0.5, 0.6) is 5.75 Å². The van der Waals surface area contributed by atoms with Crippen molar-refractivity contribution in [2.45, 2.75) is 13.3 Å². The van der Waals surface area contributed by atoms with E-state index in [0.717, 1.165) is 11.1 Å². The average Bonchev–Trinajstić information content (AvgIpc) is 2.66. The highest BCUT2D eigenvalue weighted by molar-refractivity contribution is 5.80. The van der Waals surface area contributed by atoms with E-state index in [9.17, 15) is 19.7 Å². The van der Waals surface area contributed by atoms with Gasteiger partial charge in [-0.3, -0.25) is 14.9 Å². The first-order valence-corrected chi connectivity index (χ1v) is 8.30. The van der Waals surface area contributed by atoms with E-state index in [1.54, 1.807) is 6.07 Å². The van der Waals surface area contributed by atoms with Gasteiger partial charge in [0, 0.05) is 12.6 Å². The second-order valence-electron chi connectivity index (χ2n) is 5.70. The Labute approximate surface area is 156 Å². The quantitative estimate of drug-likeness (QED) is 0.411. The van der Waals surface area contributed by atoms with Crippen molar-refractivity contribution < 1.29 is 24.0 Å². The second-order valence-corrected chi connectivity index (χ2v) is 5.70. The molecule has 0 saturated heterocycles. The molecule has 1 N–H and O–H groups in total. The van der Waals surface area contributed by atoms with E-state index in [-0.39, 0.29) is 11.4 Å². The van der Waals surface area contributed by atoms with E-state index in [2.05, 4.69) is 5.32 Å². The van der Waals surface area contributed by atoms with Crippen LogP contribution in [-0.2, 0) is 20.7 Å². The lowest BCUT2D eigenvalue weighted by Crippen LogP contribution is -2.31. The molecule has 0 spiro atoms. The number of esters is 1. The van der Waals surface area contributed by atoms with Crippen LogP contribution in [0, 0.1) is 17.0 Å². The SMILES string of the molecule is Cc1ccccc1CCNC(=O)COC(=O)COc1ccccc1[N+](=O)[O-]. The fourth-order valence-electron chi connectivity index (χ4n) is 2.33. The van der Waals surface area contributed by atoms with Gasteiger partial charge in [-0.25, -0.2) is 4.79 Å². The average molecular weight is 372 g/mol. The Hall–Kier alpha value is -3.42. The molecule has 0 aromatic heterocycles. The number of hydrogen-bond donors (Lipinski definition) is 1. The third-order valence-electron chi connectivity index (χ3n) is 3.75. The van der Waals surface area contributed by atoms with Crippen molar-refractivity contribution in [1.82, 2.24) is 5.32 Å². The zero-order chi connectivity index (χ0) is 19.6. The van der Waals surface area contributed by atoms with Crippen molar-refractivity contribution in [3.63, 3.8) is 0 Å². The molecule has 0 bridgehead atoms. The molecule has 0 fully saturated rings. The number of nitro benzene ring substituents is 1. The molecule has 0 unspecified atom stereocenters. The molecule has 8 nitrogen and oxygen atoms in total. The molecule has 0 radical (unpaired) electrons. The van der Waals surface area contributed by atoms with E-state index in [4.69, 9.17) is 9.47 Å². The topological polar surface area (TPSA) is 108 Å². The minimum absolute atomic E-state index is 0.0397. The lowest BCUT2D eigenvalue weighted by atomic mass is 10.1. The second kappa shape index (κ2) is 9.91. The van der Waals surface area contributed by atoms with Gasteiger partial charge in [0.1, 0.15) is 0 Å². The Balaban J connectivity index is 1.69. The molecule has 27 heavy (non-hydrogen) atoms. The predicted molar refractivity (Wildman–Crippen MR) is 97.4 cm³/mol. The highest BCUT2D eigenvalue weighted by Crippen LogP contribution is 2.25. The fourth-order valence-corrected chi connectivity index (χ4v) is 2.33. The Morgan fingerprint density at radius 3 is 2.52 bits per heavy atom. The highest BCUT2D eigenvalue weighted by atomic mass is 16.6. The van der Waals surface area contributed by atoms with Crippen molar-refractivity contribution in [2.24, 2.45) is 0 Å². The highest BCUT2D eigenvalue weighted by Gasteiger charge is 2.15. The van der Waals surface area contributed by atoms with Gasteiger partial charge in [-0.15, -0.1) is 0 Å². The van der Waals surface area contributed by atoms with Crippen LogP contribution < -0.4 is 10.1 Å². The number of hydrogen-bond acceptors (Lipinski definition) is 6. The molecule has 0 aliphatic carbocycles.